The minimum Gasteiger partial charge on any atom is -0.463 e. The van der Waals surface area contributed by atoms with Gasteiger partial charge in [-0.05, 0) is 39.9 Å². The van der Waals surface area contributed by atoms with Gasteiger partial charge in [0.25, 0.3) is 6.02 Å². The van der Waals surface area contributed by atoms with E-state index in [-0.39, 0.29) is 0 Å². The summed E-state index contributed by atoms with van der Waals surface area (Å²) >= 11 is 0. The molecule has 1 N–H and O–H groups in total. The number of rotatable bonds is 5. The lowest BCUT2D eigenvalue weighted by molar-refractivity contribution is 0.0705. The molecule has 0 amide bonds. The Labute approximate surface area is 116 Å². The first-order valence-electron chi connectivity index (χ1n) is 6.62. The highest BCUT2D eigenvalue weighted by molar-refractivity contribution is 5.76. The molecule has 1 atom stereocenters. The molecule has 1 aliphatic heterocycles. The van der Waals surface area contributed by atoms with Gasteiger partial charge in [-0.1, -0.05) is 24.3 Å². The molecule has 0 aromatic heterocycles. The molecule has 1 saturated heterocycles. The van der Waals surface area contributed by atoms with Gasteiger partial charge >= 0.3 is 0 Å². The minimum absolute atomic E-state index is 0.512. The Kier molecular flexibility index (Phi) is 6.36. The average Bonchev–Trinajstić information content (AvgIpc) is 2.39. The Balaban J connectivity index is 2.53. The number of ether oxygens (including phenoxy) is 1. The summed E-state index contributed by atoms with van der Waals surface area (Å²) in [5, 5.41) is 3.21. The molecule has 0 bridgehead atoms. The molecule has 0 aromatic carbocycles. The van der Waals surface area contributed by atoms with Crippen molar-refractivity contribution in [2.75, 3.05) is 27.2 Å². The molecule has 1 heterocycles. The number of hydrogen-bond donors (Lipinski definition) is 1. The summed E-state index contributed by atoms with van der Waals surface area (Å²) in [6.07, 6.45) is 6.80. The van der Waals surface area contributed by atoms with E-state index in [4.69, 9.17) is 4.74 Å². The van der Waals surface area contributed by atoms with Crippen molar-refractivity contribution >= 4 is 6.02 Å². The molecule has 0 saturated carbocycles. The number of hydrogen-bond acceptors (Lipinski definition) is 3. The van der Waals surface area contributed by atoms with Gasteiger partial charge in [0, 0.05) is 18.8 Å². The van der Waals surface area contributed by atoms with Crippen molar-refractivity contribution in [1.82, 2.24) is 10.2 Å². The van der Waals surface area contributed by atoms with Gasteiger partial charge < -0.3 is 10.1 Å². The summed E-state index contributed by atoms with van der Waals surface area (Å²) in [6.45, 7) is 9.59. The molecular weight excluding hydrogens is 238 g/mol. The zero-order valence-electron chi connectivity index (χ0n) is 12.4. The Morgan fingerprint density at radius 1 is 1.53 bits per heavy atom. The van der Waals surface area contributed by atoms with Gasteiger partial charge in [0.2, 0.25) is 0 Å². The third-order valence-corrected chi connectivity index (χ3v) is 3.23. The number of aliphatic imine (C=N–C) groups is 1. The monoisotopic (exact) mass is 263 g/mol. The number of nitrogens with zero attached hydrogens (tertiary/aromatic N) is 2. The van der Waals surface area contributed by atoms with Gasteiger partial charge in [-0.3, -0.25) is 4.90 Å². The van der Waals surface area contributed by atoms with E-state index in [1.807, 2.05) is 26.0 Å². The summed E-state index contributed by atoms with van der Waals surface area (Å²) in [5.74, 6) is 0. The van der Waals surface area contributed by atoms with Crippen molar-refractivity contribution in [3.8, 4) is 0 Å². The third-order valence-electron chi connectivity index (χ3n) is 3.23. The maximum atomic E-state index is 5.73. The van der Waals surface area contributed by atoms with Crippen LogP contribution >= 0.6 is 0 Å². The smallest absolute Gasteiger partial charge is 0.288 e. The van der Waals surface area contributed by atoms with E-state index >= 15 is 0 Å². The molecule has 19 heavy (non-hydrogen) atoms. The van der Waals surface area contributed by atoms with E-state index in [1.54, 1.807) is 13.1 Å². The fraction of sp³-hybridized carbons (Fsp3) is 0.533. The Bertz CT molecular complexity index is 392. The lowest BCUT2D eigenvalue weighted by Gasteiger charge is -2.37. The normalized spacial score (nSPS) is 20.0. The number of nitrogens with one attached hydrogen (secondary N) is 1. The minimum atomic E-state index is 0.512. The summed E-state index contributed by atoms with van der Waals surface area (Å²) in [6, 6.07) is 1.07. The maximum absolute atomic E-state index is 5.73. The van der Waals surface area contributed by atoms with Crippen LogP contribution in [0.3, 0.4) is 0 Å². The molecule has 4 nitrogen and oxygen atoms in total. The summed E-state index contributed by atoms with van der Waals surface area (Å²) in [5.41, 5.74) is 2.16. The van der Waals surface area contributed by atoms with Crippen LogP contribution < -0.4 is 5.32 Å². The number of likely N-dealkylation sites (tertiary alicyclic amines) is 1. The highest BCUT2D eigenvalue weighted by atomic mass is 16.5. The standard InChI is InChI=1S/C15H25N3O/c1-6-7-8-14(12(2)3)17-15(16-4)19-11-13-9-10-18(13)5/h6-8,13H,1,9-11H2,2-5H3,(H,16,17)/b8-7-. The van der Waals surface area contributed by atoms with Gasteiger partial charge in [-0.15, -0.1) is 0 Å². The van der Waals surface area contributed by atoms with Crippen LogP contribution in [0.25, 0.3) is 0 Å². The molecule has 1 unspecified atom stereocenters. The Morgan fingerprint density at radius 2 is 2.26 bits per heavy atom. The molecule has 106 valence electrons. The summed E-state index contributed by atoms with van der Waals surface area (Å²) < 4.78 is 5.73. The van der Waals surface area contributed by atoms with E-state index in [1.165, 1.54) is 12.0 Å². The van der Waals surface area contributed by atoms with E-state index in [0.29, 0.717) is 18.7 Å². The zero-order valence-corrected chi connectivity index (χ0v) is 12.4. The van der Waals surface area contributed by atoms with Crippen LogP contribution in [-0.4, -0.2) is 44.2 Å². The van der Waals surface area contributed by atoms with Gasteiger partial charge in [-0.25, -0.2) is 4.99 Å². The first-order valence-corrected chi connectivity index (χ1v) is 6.62. The van der Waals surface area contributed by atoms with Crippen LogP contribution in [-0.2, 0) is 4.74 Å². The van der Waals surface area contributed by atoms with Crippen molar-refractivity contribution in [2.24, 2.45) is 4.99 Å². The SMILES string of the molecule is C=C/C=C\C(NC(=NC)OCC1CCN1C)=C(C)C. The molecule has 1 rings (SSSR count). The number of amidine groups is 1. The molecule has 0 aromatic rings. The quantitative estimate of drug-likeness (QED) is 0.470. The second-order valence-corrected chi connectivity index (χ2v) is 4.90. The summed E-state index contributed by atoms with van der Waals surface area (Å²) in [4.78, 5) is 6.43. The molecule has 0 spiro atoms. The molecule has 1 fully saturated rings. The zero-order chi connectivity index (χ0) is 14.3. The van der Waals surface area contributed by atoms with E-state index in [0.717, 1.165) is 12.2 Å². The average molecular weight is 263 g/mol. The number of allylic oxidation sites excluding steroid dienone is 4. The number of likely N-dealkylation sites (N-methyl/N-ethyl adjacent to an activating group) is 1. The first-order chi connectivity index (χ1) is 9.08. The van der Waals surface area contributed by atoms with E-state index < -0.39 is 0 Å². The van der Waals surface area contributed by atoms with Gasteiger partial charge in [0.1, 0.15) is 6.61 Å². The second kappa shape index (κ2) is 7.79. The van der Waals surface area contributed by atoms with Gasteiger partial charge in [0.15, 0.2) is 0 Å². The molecule has 4 heteroatoms. The largest absolute Gasteiger partial charge is 0.463 e. The van der Waals surface area contributed by atoms with Crippen LogP contribution in [0.15, 0.2) is 41.1 Å². The predicted octanol–water partition coefficient (Wildman–Crippen LogP) is 2.32. The van der Waals surface area contributed by atoms with E-state index in [9.17, 15) is 0 Å². The van der Waals surface area contributed by atoms with Crippen molar-refractivity contribution in [1.29, 1.82) is 0 Å². The fourth-order valence-electron chi connectivity index (χ4n) is 1.72. The van der Waals surface area contributed by atoms with Gasteiger partial charge in [0.05, 0.1) is 0 Å². The van der Waals surface area contributed by atoms with Crippen LogP contribution in [0, 0.1) is 0 Å². The highest BCUT2D eigenvalue weighted by Gasteiger charge is 2.24. The second-order valence-electron chi connectivity index (χ2n) is 4.90. The van der Waals surface area contributed by atoms with Crippen LogP contribution in [0.1, 0.15) is 20.3 Å². The Morgan fingerprint density at radius 3 is 2.68 bits per heavy atom. The molecule has 0 radical (unpaired) electrons. The Hall–Kier alpha value is -1.55. The molecule has 0 aliphatic carbocycles. The lowest BCUT2D eigenvalue weighted by atomic mass is 10.1. The van der Waals surface area contributed by atoms with Gasteiger partial charge in [-0.2, -0.15) is 0 Å². The lowest BCUT2D eigenvalue weighted by Crippen LogP contribution is -2.48. The molecule has 1 aliphatic rings. The first kappa shape index (κ1) is 15.5. The topological polar surface area (TPSA) is 36.9 Å². The van der Waals surface area contributed by atoms with Crippen molar-refractivity contribution < 1.29 is 4.74 Å². The van der Waals surface area contributed by atoms with Crippen LogP contribution in [0.4, 0.5) is 0 Å². The van der Waals surface area contributed by atoms with Crippen molar-refractivity contribution in [2.45, 2.75) is 26.3 Å². The third kappa shape index (κ3) is 4.91. The fourth-order valence-corrected chi connectivity index (χ4v) is 1.72. The summed E-state index contributed by atoms with van der Waals surface area (Å²) in [7, 11) is 3.84. The van der Waals surface area contributed by atoms with Crippen molar-refractivity contribution in [3.05, 3.63) is 36.1 Å². The van der Waals surface area contributed by atoms with Crippen LogP contribution in [0.5, 0.6) is 0 Å². The van der Waals surface area contributed by atoms with Crippen LogP contribution in [0.2, 0.25) is 0 Å². The van der Waals surface area contributed by atoms with E-state index in [2.05, 4.69) is 28.8 Å². The molecular formula is C15H25N3O. The maximum Gasteiger partial charge on any atom is 0.288 e. The highest BCUT2D eigenvalue weighted by Crippen LogP contribution is 2.14. The predicted molar refractivity (Wildman–Crippen MR) is 81.2 cm³/mol. The van der Waals surface area contributed by atoms with Crippen molar-refractivity contribution in [3.63, 3.8) is 0 Å².